The smallest absolute Gasteiger partial charge is 0.251 e. The fourth-order valence-electron chi connectivity index (χ4n) is 1.37. The van der Waals surface area contributed by atoms with Gasteiger partial charge in [0.05, 0.1) is 12.7 Å². The molecule has 0 aliphatic heterocycles. The predicted octanol–water partition coefficient (Wildman–Crippen LogP) is 0.386. The summed E-state index contributed by atoms with van der Waals surface area (Å²) < 4.78 is 0. The van der Waals surface area contributed by atoms with Crippen LogP contribution in [0.15, 0.2) is 18.2 Å². The van der Waals surface area contributed by atoms with Gasteiger partial charge in [-0.2, -0.15) is 0 Å². The van der Waals surface area contributed by atoms with Crippen molar-refractivity contribution in [1.29, 1.82) is 0 Å². The van der Waals surface area contributed by atoms with Crippen molar-refractivity contribution in [1.82, 2.24) is 5.32 Å². The molecule has 16 heavy (non-hydrogen) atoms. The molecule has 0 aromatic heterocycles. The van der Waals surface area contributed by atoms with Crippen LogP contribution in [0, 0.1) is 13.8 Å². The average molecular weight is 223 g/mol. The highest BCUT2D eigenvalue weighted by Crippen LogP contribution is 2.12. The molecule has 1 aromatic rings. The minimum atomic E-state index is -0.908. The molecule has 0 bridgehead atoms. The Balaban J connectivity index is 2.70. The van der Waals surface area contributed by atoms with Gasteiger partial charge in [0, 0.05) is 12.1 Å². The van der Waals surface area contributed by atoms with Gasteiger partial charge in [-0.3, -0.25) is 4.79 Å². The molecule has 0 aliphatic carbocycles. The van der Waals surface area contributed by atoms with Crippen LogP contribution in [-0.2, 0) is 0 Å². The number of aliphatic hydroxyl groups excluding tert-OH is 2. The number of hydrogen-bond donors (Lipinski definition) is 3. The maximum atomic E-state index is 11.7. The van der Waals surface area contributed by atoms with E-state index in [1.165, 1.54) is 0 Å². The topological polar surface area (TPSA) is 69.6 Å². The fourth-order valence-corrected chi connectivity index (χ4v) is 1.37. The minimum Gasteiger partial charge on any atom is -0.394 e. The Labute approximate surface area is 94.9 Å². The van der Waals surface area contributed by atoms with Crippen molar-refractivity contribution >= 4 is 5.91 Å². The van der Waals surface area contributed by atoms with Gasteiger partial charge >= 0.3 is 0 Å². The fraction of sp³-hybridized carbons (Fsp3) is 0.417. The molecule has 0 radical (unpaired) electrons. The van der Waals surface area contributed by atoms with Crippen molar-refractivity contribution in [2.75, 3.05) is 13.2 Å². The van der Waals surface area contributed by atoms with Gasteiger partial charge < -0.3 is 15.5 Å². The van der Waals surface area contributed by atoms with Crippen molar-refractivity contribution in [3.63, 3.8) is 0 Å². The summed E-state index contributed by atoms with van der Waals surface area (Å²) in [5.74, 6) is -0.228. The second-order valence-corrected chi connectivity index (χ2v) is 3.79. The summed E-state index contributed by atoms with van der Waals surface area (Å²) in [5.41, 5.74) is 2.58. The quantitative estimate of drug-likeness (QED) is 0.691. The summed E-state index contributed by atoms with van der Waals surface area (Å²) in [6.07, 6.45) is -0.908. The second kappa shape index (κ2) is 5.63. The van der Waals surface area contributed by atoms with Crippen LogP contribution >= 0.6 is 0 Å². The molecule has 0 unspecified atom stereocenters. The predicted molar refractivity (Wildman–Crippen MR) is 61.3 cm³/mol. The normalized spacial score (nSPS) is 12.2. The highest BCUT2D eigenvalue weighted by atomic mass is 16.3. The van der Waals surface area contributed by atoms with Gasteiger partial charge in [-0.1, -0.05) is 12.1 Å². The molecule has 0 saturated heterocycles. The van der Waals surface area contributed by atoms with Crippen LogP contribution in [0.2, 0.25) is 0 Å². The maximum absolute atomic E-state index is 11.7. The molecule has 0 aliphatic rings. The molecule has 0 spiro atoms. The van der Waals surface area contributed by atoms with E-state index in [-0.39, 0.29) is 19.1 Å². The Bertz CT molecular complexity index is 377. The van der Waals surface area contributed by atoms with Crippen molar-refractivity contribution in [2.24, 2.45) is 0 Å². The number of rotatable bonds is 4. The van der Waals surface area contributed by atoms with Gasteiger partial charge in [-0.25, -0.2) is 0 Å². The van der Waals surface area contributed by atoms with Crippen LogP contribution in [-0.4, -0.2) is 35.4 Å². The Morgan fingerprint density at radius 1 is 1.44 bits per heavy atom. The standard InChI is InChI=1S/C12H17NO3/c1-8-4-3-5-11(9(8)2)12(16)13-6-10(15)7-14/h3-5,10,14-15H,6-7H2,1-2H3,(H,13,16)/t10-/m0/s1. The lowest BCUT2D eigenvalue weighted by molar-refractivity contribution is 0.0801. The first-order chi connectivity index (χ1) is 7.56. The number of nitrogens with one attached hydrogen (secondary N) is 1. The first kappa shape index (κ1) is 12.7. The summed E-state index contributed by atoms with van der Waals surface area (Å²) in [5, 5.41) is 20.3. The molecule has 0 fully saturated rings. The summed E-state index contributed by atoms with van der Waals surface area (Å²) in [4.78, 5) is 11.7. The minimum absolute atomic E-state index is 0.0582. The third kappa shape index (κ3) is 3.05. The summed E-state index contributed by atoms with van der Waals surface area (Å²) in [6.45, 7) is 3.52. The maximum Gasteiger partial charge on any atom is 0.251 e. The number of aliphatic hydroxyl groups is 2. The van der Waals surface area contributed by atoms with E-state index in [0.29, 0.717) is 5.56 Å². The molecule has 0 saturated carbocycles. The summed E-state index contributed by atoms with van der Waals surface area (Å²) in [6, 6.07) is 5.50. The van der Waals surface area contributed by atoms with Gasteiger partial charge in [-0.15, -0.1) is 0 Å². The van der Waals surface area contributed by atoms with Gasteiger partial charge in [0.25, 0.3) is 5.91 Å². The number of carbonyl (C=O) groups excluding carboxylic acids is 1. The van der Waals surface area contributed by atoms with Crippen LogP contribution in [0.25, 0.3) is 0 Å². The summed E-state index contributed by atoms with van der Waals surface area (Å²) >= 11 is 0. The largest absolute Gasteiger partial charge is 0.394 e. The lowest BCUT2D eigenvalue weighted by atomic mass is 10.0. The molecule has 0 heterocycles. The molecule has 1 amide bonds. The first-order valence-corrected chi connectivity index (χ1v) is 5.19. The number of benzene rings is 1. The van der Waals surface area contributed by atoms with Crippen LogP contribution in [0.1, 0.15) is 21.5 Å². The molecule has 1 rings (SSSR count). The monoisotopic (exact) mass is 223 g/mol. The molecule has 3 N–H and O–H groups in total. The zero-order valence-corrected chi connectivity index (χ0v) is 9.53. The Morgan fingerprint density at radius 3 is 2.75 bits per heavy atom. The third-order valence-corrected chi connectivity index (χ3v) is 2.56. The zero-order chi connectivity index (χ0) is 12.1. The molecule has 4 nitrogen and oxygen atoms in total. The number of hydrogen-bond acceptors (Lipinski definition) is 3. The summed E-state index contributed by atoms with van der Waals surface area (Å²) in [7, 11) is 0. The highest BCUT2D eigenvalue weighted by molar-refractivity contribution is 5.95. The van der Waals surface area contributed by atoms with E-state index in [1.807, 2.05) is 26.0 Å². The van der Waals surface area contributed by atoms with Crippen molar-refractivity contribution in [3.8, 4) is 0 Å². The lowest BCUT2D eigenvalue weighted by Gasteiger charge is -2.11. The van der Waals surface area contributed by atoms with Gasteiger partial charge in [0.2, 0.25) is 0 Å². The van der Waals surface area contributed by atoms with E-state index in [2.05, 4.69) is 5.32 Å². The number of aryl methyl sites for hydroxylation is 1. The van der Waals surface area contributed by atoms with E-state index in [0.717, 1.165) is 11.1 Å². The zero-order valence-electron chi connectivity index (χ0n) is 9.53. The van der Waals surface area contributed by atoms with Crippen molar-refractivity contribution in [2.45, 2.75) is 20.0 Å². The number of amides is 1. The lowest BCUT2D eigenvalue weighted by Crippen LogP contribution is -2.34. The Hall–Kier alpha value is -1.39. The van der Waals surface area contributed by atoms with Gasteiger partial charge in [0.1, 0.15) is 0 Å². The van der Waals surface area contributed by atoms with Crippen LogP contribution in [0.4, 0.5) is 0 Å². The van der Waals surface area contributed by atoms with Crippen LogP contribution in [0.5, 0.6) is 0 Å². The number of carbonyl (C=O) groups is 1. The molecule has 88 valence electrons. The molecular weight excluding hydrogens is 206 g/mol. The van der Waals surface area contributed by atoms with Crippen LogP contribution < -0.4 is 5.32 Å². The van der Waals surface area contributed by atoms with E-state index in [4.69, 9.17) is 10.2 Å². The second-order valence-electron chi connectivity index (χ2n) is 3.79. The SMILES string of the molecule is Cc1cccc(C(=O)NC[C@H](O)CO)c1C. The van der Waals surface area contributed by atoms with Crippen LogP contribution in [0.3, 0.4) is 0 Å². The first-order valence-electron chi connectivity index (χ1n) is 5.19. The average Bonchev–Trinajstić information content (AvgIpc) is 2.29. The van der Waals surface area contributed by atoms with Crippen molar-refractivity contribution in [3.05, 3.63) is 34.9 Å². The van der Waals surface area contributed by atoms with Crippen molar-refractivity contribution < 1.29 is 15.0 Å². The molecule has 1 aromatic carbocycles. The van der Waals surface area contributed by atoms with E-state index < -0.39 is 6.10 Å². The van der Waals surface area contributed by atoms with E-state index in [1.54, 1.807) is 6.07 Å². The third-order valence-electron chi connectivity index (χ3n) is 2.56. The molecular formula is C12H17NO3. The van der Waals surface area contributed by atoms with Gasteiger partial charge in [-0.05, 0) is 31.0 Å². The Kier molecular flexibility index (Phi) is 4.46. The molecule has 4 heteroatoms. The van der Waals surface area contributed by atoms with E-state index >= 15 is 0 Å². The Morgan fingerprint density at radius 2 is 2.12 bits per heavy atom. The highest BCUT2D eigenvalue weighted by Gasteiger charge is 2.11. The van der Waals surface area contributed by atoms with Gasteiger partial charge in [0.15, 0.2) is 0 Å². The molecule has 1 atom stereocenters. The van der Waals surface area contributed by atoms with E-state index in [9.17, 15) is 4.79 Å².